The second-order valence-electron chi connectivity index (χ2n) is 6.65. The molecule has 0 saturated heterocycles. The number of hydrogen-bond donors (Lipinski definition) is 1. The van der Waals surface area contributed by atoms with Gasteiger partial charge in [-0.25, -0.2) is 4.79 Å². The number of ketones is 1. The highest BCUT2D eigenvalue weighted by molar-refractivity contribution is 5.98. The monoisotopic (exact) mass is 339 g/mol. The third-order valence-corrected chi connectivity index (χ3v) is 4.62. The minimum atomic E-state index is -0.879. The molecule has 2 heterocycles. The molecule has 0 saturated carbocycles. The van der Waals surface area contributed by atoms with Gasteiger partial charge in [0, 0.05) is 36.1 Å². The number of esters is 1. The van der Waals surface area contributed by atoms with Crippen LogP contribution in [0.25, 0.3) is 0 Å². The Labute approximate surface area is 146 Å². The van der Waals surface area contributed by atoms with Crippen LogP contribution in [0.5, 0.6) is 0 Å². The first kappa shape index (κ1) is 17.0. The highest BCUT2D eigenvalue weighted by atomic mass is 16.5. The van der Waals surface area contributed by atoms with Crippen LogP contribution in [0.1, 0.15) is 36.8 Å². The van der Waals surface area contributed by atoms with Gasteiger partial charge >= 0.3 is 5.97 Å². The van der Waals surface area contributed by atoms with Crippen LogP contribution in [-0.4, -0.2) is 35.1 Å². The summed E-state index contributed by atoms with van der Waals surface area (Å²) in [5.41, 5.74) is 3.04. The molecule has 6 heteroatoms. The van der Waals surface area contributed by atoms with E-state index in [1.807, 2.05) is 30.1 Å². The summed E-state index contributed by atoms with van der Waals surface area (Å²) in [4.78, 5) is 26.5. The number of nitrogens with one attached hydrogen (secondary N) is 1. The average molecular weight is 339 g/mol. The van der Waals surface area contributed by atoms with Crippen LogP contribution in [0.2, 0.25) is 0 Å². The van der Waals surface area contributed by atoms with E-state index in [1.165, 1.54) is 17.8 Å². The molecular formula is C19H21N3O3. The highest BCUT2D eigenvalue weighted by Crippen LogP contribution is 2.46. The second-order valence-corrected chi connectivity index (χ2v) is 6.65. The quantitative estimate of drug-likeness (QED) is 0.685. The van der Waals surface area contributed by atoms with Crippen molar-refractivity contribution in [2.75, 3.05) is 11.9 Å². The Morgan fingerprint density at radius 2 is 2.00 bits per heavy atom. The van der Waals surface area contributed by atoms with Crippen LogP contribution in [0.15, 0.2) is 48.3 Å². The van der Waals surface area contributed by atoms with E-state index in [-0.39, 0.29) is 16.9 Å². The van der Waals surface area contributed by atoms with Crippen molar-refractivity contribution in [3.63, 3.8) is 0 Å². The molecule has 25 heavy (non-hydrogen) atoms. The fraction of sp³-hybridized carbons (Fsp3) is 0.316. The number of carbonyl (C=O) groups excluding carboxylic acids is 2. The maximum atomic E-state index is 12.6. The minimum Gasteiger partial charge on any atom is -0.450 e. The predicted molar refractivity (Wildman–Crippen MR) is 94.4 cm³/mol. The van der Waals surface area contributed by atoms with E-state index in [0.29, 0.717) is 0 Å². The standard InChI is InChI=1S/C19H21N3O3/c1-12(25-18(24)14-9-10-20-21-14)16(23)11-17-19(2,3)13-7-5-6-8-15(13)22(17)4/h5-12H,1-4H3,(H,20,21)/b17-11-/t12-/m0/s1. The average Bonchev–Trinajstić information content (AvgIpc) is 3.18. The molecule has 1 aliphatic heterocycles. The van der Waals surface area contributed by atoms with Gasteiger partial charge in [-0.2, -0.15) is 5.10 Å². The van der Waals surface area contributed by atoms with Gasteiger partial charge in [-0.15, -0.1) is 0 Å². The molecule has 1 atom stereocenters. The Bertz CT molecular complexity index is 837. The Morgan fingerprint density at radius 1 is 1.28 bits per heavy atom. The molecule has 1 aliphatic rings. The van der Waals surface area contributed by atoms with Crippen LogP contribution in [0.4, 0.5) is 5.69 Å². The van der Waals surface area contributed by atoms with Crippen molar-refractivity contribution in [2.24, 2.45) is 0 Å². The molecular weight excluding hydrogens is 318 g/mol. The molecule has 1 N–H and O–H groups in total. The number of aromatic nitrogens is 2. The Kier molecular flexibility index (Phi) is 4.20. The maximum Gasteiger partial charge on any atom is 0.357 e. The number of aromatic amines is 1. The topological polar surface area (TPSA) is 75.3 Å². The zero-order chi connectivity index (χ0) is 18.2. The molecule has 0 unspecified atom stereocenters. The van der Waals surface area contributed by atoms with E-state index in [0.717, 1.165) is 11.4 Å². The van der Waals surface area contributed by atoms with Crippen molar-refractivity contribution in [1.82, 2.24) is 10.2 Å². The summed E-state index contributed by atoms with van der Waals surface area (Å²) in [6.07, 6.45) is 2.15. The van der Waals surface area contributed by atoms with Gasteiger partial charge in [-0.05, 0) is 24.6 Å². The molecule has 3 rings (SSSR count). The van der Waals surface area contributed by atoms with Crippen molar-refractivity contribution >= 4 is 17.4 Å². The summed E-state index contributed by atoms with van der Waals surface area (Å²) >= 11 is 0. The molecule has 1 aromatic carbocycles. The molecule has 0 radical (unpaired) electrons. The lowest BCUT2D eigenvalue weighted by atomic mass is 9.83. The number of allylic oxidation sites excluding steroid dienone is 1. The van der Waals surface area contributed by atoms with Crippen molar-refractivity contribution < 1.29 is 14.3 Å². The Hall–Kier alpha value is -2.89. The van der Waals surface area contributed by atoms with E-state index >= 15 is 0 Å². The predicted octanol–water partition coefficient (Wildman–Crippen LogP) is 2.84. The summed E-state index contributed by atoms with van der Waals surface area (Å²) in [6.45, 7) is 5.73. The molecule has 2 aromatic rings. The molecule has 0 bridgehead atoms. The number of H-pyrrole nitrogens is 1. The molecule has 0 fully saturated rings. The molecule has 0 amide bonds. The summed E-state index contributed by atoms with van der Waals surface area (Å²) in [5, 5.41) is 6.23. The number of rotatable bonds is 4. The third kappa shape index (κ3) is 2.95. The van der Waals surface area contributed by atoms with Crippen molar-refractivity contribution in [1.29, 1.82) is 0 Å². The van der Waals surface area contributed by atoms with E-state index in [4.69, 9.17) is 4.74 Å². The van der Waals surface area contributed by atoms with Crippen LogP contribution in [-0.2, 0) is 14.9 Å². The largest absolute Gasteiger partial charge is 0.450 e. The fourth-order valence-electron chi connectivity index (χ4n) is 3.16. The summed E-state index contributed by atoms with van der Waals surface area (Å²) in [7, 11) is 1.94. The van der Waals surface area contributed by atoms with Gasteiger partial charge in [0.05, 0.1) is 0 Å². The van der Waals surface area contributed by atoms with E-state index in [9.17, 15) is 9.59 Å². The number of nitrogens with zero attached hydrogens (tertiary/aromatic N) is 2. The normalized spacial score (nSPS) is 18.1. The first-order chi connectivity index (χ1) is 11.8. The van der Waals surface area contributed by atoms with Crippen molar-refractivity contribution in [3.8, 4) is 0 Å². The lowest BCUT2D eigenvalue weighted by molar-refractivity contribution is -0.122. The van der Waals surface area contributed by atoms with E-state index in [1.54, 1.807) is 13.0 Å². The Balaban J connectivity index is 1.80. The van der Waals surface area contributed by atoms with Crippen LogP contribution < -0.4 is 4.90 Å². The zero-order valence-corrected chi connectivity index (χ0v) is 14.7. The van der Waals surface area contributed by atoms with Gasteiger partial charge in [-0.1, -0.05) is 32.0 Å². The number of hydrogen-bond acceptors (Lipinski definition) is 5. The van der Waals surface area contributed by atoms with Gasteiger partial charge in [0.25, 0.3) is 0 Å². The third-order valence-electron chi connectivity index (χ3n) is 4.62. The summed E-state index contributed by atoms with van der Waals surface area (Å²) in [5.74, 6) is -0.852. The van der Waals surface area contributed by atoms with Gasteiger partial charge in [0.2, 0.25) is 0 Å². The first-order valence-electron chi connectivity index (χ1n) is 8.12. The van der Waals surface area contributed by atoms with Gasteiger partial charge in [0.15, 0.2) is 11.9 Å². The van der Waals surface area contributed by atoms with E-state index < -0.39 is 12.1 Å². The number of fused-ring (bicyclic) bond motifs is 1. The molecule has 1 aromatic heterocycles. The molecule has 6 nitrogen and oxygen atoms in total. The van der Waals surface area contributed by atoms with Crippen molar-refractivity contribution in [2.45, 2.75) is 32.3 Å². The number of likely N-dealkylation sites (N-methyl/N-ethyl adjacent to an activating group) is 1. The minimum absolute atomic E-state index is 0.220. The fourth-order valence-corrected chi connectivity index (χ4v) is 3.16. The Morgan fingerprint density at radius 3 is 2.64 bits per heavy atom. The van der Waals surface area contributed by atoms with Gasteiger partial charge in [-0.3, -0.25) is 9.89 Å². The second kappa shape index (κ2) is 6.20. The van der Waals surface area contributed by atoms with Crippen LogP contribution >= 0.6 is 0 Å². The first-order valence-corrected chi connectivity index (χ1v) is 8.12. The smallest absolute Gasteiger partial charge is 0.357 e. The number of ether oxygens (including phenoxy) is 1. The number of para-hydroxylation sites is 1. The summed E-state index contributed by atoms with van der Waals surface area (Å²) in [6, 6.07) is 9.57. The molecule has 130 valence electrons. The van der Waals surface area contributed by atoms with Gasteiger partial charge < -0.3 is 9.64 Å². The number of carbonyl (C=O) groups is 2. The SMILES string of the molecule is C[C@H](OC(=O)c1ccn[nH]1)C(=O)/C=C1\N(C)c2ccccc2C1(C)C. The van der Waals surface area contributed by atoms with Gasteiger partial charge in [0.1, 0.15) is 5.69 Å². The molecule has 0 spiro atoms. The number of benzene rings is 1. The van der Waals surface area contributed by atoms with Crippen molar-refractivity contribution in [3.05, 3.63) is 59.6 Å². The van der Waals surface area contributed by atoms with E-state index in [2.05, 4.69) is 30.1 Å². The lowest BCUT2D eigenvalue weighted by Gasteiger charge is -2.24. The molecule has 0 aliphatic carbocycles. The lowest BCUT2D eigenvalue weighted by Crippen LogP contribution is -2.28. The number of anilines is 1. The maximum absolute atomic E-state index is 12.6. The highest BCUT2D eigenvalue weighted by Gasteiger charge is 2.39. The van der Waals surface area contributed by atoms with Crippen LogP contribution in [0.3, 0.4) is 0 Å². The van der Waals surface area contributed by atoms with Crippen LogP contribution in [0, 0.1) is 0 Å². The zero-order valence-electron chi connectivity index (χ0n) is 14.7. The summed E-state index contributed by atoms with van der Waals surface area (Å²) < 4.78 is 5.22.